The van der Waals surface area contributed by atoms with Crippen LogP contribution in [-0.2, 0) is 6.54 Å². The van der Waals surface area contributed by atoms with Gasteiger partial charge in [-0.1, -0.05) is 6.07 Å². The van der Waals surface area contributed by atoms with Crippen molar-refractivity contribution in [2.24, 2.45) is 0 Å². The van der Waals surface area contributed by atoms with E-state index in [9.17, 15) is 0 Å². The molecule has 0 amide bonds. The van der Waals surface area contributed by atoms with E-state index in [1.165, 1.54) is 0 Å². The number of pyridine rings is 1. The van der Waals surface area contributed by atoms with Crippen LogP contribution in [0.15, 0.2) is 30.6 Å². The molecule has 0 saturated carbocycles. The van der Waals surface area contributed by atoms with Crippen molar-refractivity contribution in [2.45, 2.75) is 13.5 Å². The molecule has 50 valence electrons. The number of rotatable bonds is 1. The van der Waals surface area contributed by atoms with Crippen LogP contribution in [-0.4, -0.2) is 0 Å². The van der Waals surface area contributed by atoms with Crippen LogP contribution in [0.5, 0.6) is 0 Å². The summed E-state index contributed by atoms with van der Waals surface area (Å²) in [4.78, 5) is 0. The highest BCUT2D eigenvalue weighted by Gasteiger charge is 1.86. The monoisotopic (exact) mass is 187 g/mol. The van der Waals surface area contributed by atoms with E-state index in [2.05, 4.69) is 23.9 Å². The lowest BCUT2D eigenvalue weighted by atomic mass is 10.5. The fourth-order valence-electron chi connectivity index (χ4n) is 0.645. The number of nitrogens with zero attached hydrogens (tertiary/aromatic N) is 1. The van der Waals surface area contributed by atoms with Crippen molar-refractivity contribution in [3.63, 3.8) is 0 Å². The maximum atomic E-state index is 2.12. The molecule has 0 aliphatic heterocycles. The molecule has 1 heterocycles. The molecular weight excluding hydrogens is 178 g/mol. The second kappa shape index (κ2) is 4.50. The Morgan fingerprint density at radius 2 is 1.67 bits per heavy atom. The summed E-state index contributed by atoms with van der Waals surface area (Å²) in [5.41, 5.74) is 0. The summed E-state index contributed by atoms with van der Waals surface area (Å²) in [6.45, 7) is 3.18. The molecule has 1 nitrogen and oxygen atoms in total. The van der Waals surface area contributed by atoms with Gasteiger partial charge < -0.3 is 17.0 Å². The molecule has 0 aliphatic carbocycles. The van der Waals surface area contributed by atoms with Gasteiger partial charge in [0, 0.05) is 12.1 Å². The predicted octanol–water partition coefficient (Wildman–Crippen LogP) is -2.00. The Kier molecular flexibility index (Phi) is 4.32. The highest BCUT2D eigenvalue weighted by Crippen LogP contribution is 1.74. The lowest BCUT2D eigenvalue weighted by molar-refractivity contribution is -0.693. The third-order valence-corrected chi connectivity index (χ3v) is 1.14. The molecule has 0 N–H and O–H groups in total. The average Bonchev–Trinajstić information content (AvgIpc) is 1.90. The zero-order valence-electron chi connectivity index (χ0n) is 5.42. The molecule has 1 aromatic heterocycles. The quantitative estimate of drug-likeness (QED) is 0.449. The lowest BCUT2D eigenvalue weighted by Gasteiger charge is -1.84. The Balaban J connectivity index is 0.000000640. The Bertz CT molecular complexity index is 150. The van der Waals surface area contributed by atoms with Gasteiger partial charge in [-0.2, -0.15) is 0 Å². The van der Waals surface area contributed by atoms with Crippen molar-refractivity contribution >= 4 is 0 Å². The molecule has 1 rings (SSSR count). The van der Waals surface area contributed by atoms with Crippen LogP contribution in [0.1, 0.15) is 6.92 Å². The van der Waals surface area contributed by atoms with Crippen LogP contribution in [0, 0.1) is 0 Å². The Morgan fingerprint density at radius 3 is 2.00 bits per heavy atom. The topological polar surface area (TPSA) is 3.88 Å². The van der Waals surface area contributed by atoms with Gasteiger partial charge in [0.25, 0.3) is 0 Å². The van der Waals surface area contributed by atoms with E-state index >= 15 is 0 Å². The predicted molar refractivity (Wildman–Crippen MR) is 32.3 cm³/mol. The minimum atomic E-state index is 0. The van der Waals surface area contributed by atoms with Crippen LogP contribution in [0.2, 0.25) is 0 Å². The minimum absolute atomic E-state index is 0. The Labute approximate surface area is 66.1 Å². The molecule has 1 aromatic rings. The average molecular weight is 188 g/mol. The first-order chi connectivity index (χ1) is 3.93. The van der Waals surface area contributed by atoms with Crippen molar-refractivity contribution in [1.82, 2.24) is 0 Å². The lowest BCUT2D eigenvalue weighted by Crippen LogP contribution is -3.00. The fraction of sp³-hybridized carbons (Fsp3) is 0.286. The number of aromatic nitrogens is 1. The van der Waals surface area contributed by atoms with Gasteiger partial charge in [0.2, 0.25) is 0 Å². The summed E-state index contributed by atoms with van der Waals surface area (Å²) >= 11 is 0. The maximum Gasteiger partial charge on any atom is 0.168 e. The zero-order valence-corrected chi connectivity index (χ0v) is 7.01. The zero-order chi connectivity index (χ0) is 5.82. The van der Waals surface area contributed by atoms with Crippen LogP contribution < -0.4 is 21.5 Å². The molecule has 0 atom stereocenters. The third kappa shape index (κ3) is 2.61. The smallest absolute Gasteiger partial charge is 0.168 e. The van der Waals surface area contributed by atoms with Crippen LogP contribution >= 0.6 is 0 Å². The van der Waals surface area contributed by atoms with E-state index in [1.807, 2.05) is 18.2 Å². The number of halogens is 1. The SMILES string of the molecule is CC[n+]1ccccc1.[Br-]. The maximum absolute atomic E-state index is 2.12. The molecular formula is C7H10BrN. The molecule has 0 saturated heterocycles. The van der Waals surface area contributed by atoms with Gasteiger partial charge in [-0.15, -0.1) is 0 Å². The van der Waals surface area contributed by atoms with Crippen LogP contribution in [0.4, 0.5) is 0 Å². The minimum Gasteiger partial charge on any atom is -1.00 e. The van der Waals surface area contributed by atoms with Crippen LogP contribution in [0.3, 0.4) is 0 Å². The Hall–Kier alpha value is -0.370. The standard InChI is InChI=1S/C7H10N.BrH/c1-2-8-6-4-3-5-7-8;/h3-7H,2H2,1H3;1H/q+1;/p-1. The van der Waals surface area contributed by atoms with Gasteiger partial charge in [0.05, 0.1) is 0 Å². The van der Waals surface area contributed by atoms with E-state index in [1.54, 1.807) is 0 Å². The van der Waals surface area contributed by atoms with Gasteiger partial charge >= 0.3 is 0 Å². The highest BCUT2D eigenvalue weighted by atomic mass is 79.9. The summed E-state index contributed by atoms with van der Waals surface area (Å²) in [6, 6.07) is 6.08. The van der Waals surface area contributed by atoms with E-state index in [0.29, 0.717) is 0 Å². The van der Waals surface area contributed by atoms with E-state index < -0.39 is 0 Å². The molecule has 2 heteroatoms. The van der Waals surface area contributed by atoms with Crippen molar-refractivity contribution in [3.05, 3.63) is 30.6 Å². The second-order valence-electron chi connectivity index (χ2n) is 1.71. The van der Waals surface area contributed by atoms with Crippen LogP contribution in [0.25, 0.3) is 0 Å². The normalized spacial score (nSPS) is 8.11. The Morgan fingerprint density at radius 1 is 1.11 bits per heavy atom. The van der Waals surface area contributed by atoms with Gasteiger partial charge in [-0.05, 0) is 6.92 Å². The molecule has 0 aromatic carbocycles. The van der Waals surface area contributed by atoms with Gasteiger partial charge in [0.1, 0.15) is 6.54 Å². The van der Waals surface area contributed by atoms with Gasteiger partial charge in [0.15, 0.2) is 12.4 Å². The van der Waals surface area contributed by atoms with Gasteiger partial charge in [-0.3, -0.25) is 0 Å². The van der Waals surface area contributed by atoms with E-state index in [-0.39, 0.29) is 17.0 Å². The first-order valence-electron chi connectivity index (χ1n) is 2.87. The third-order valence-electron chi connectivity index (χ3n) is 1.14. The van der Waals surface area contributed by atoms with Crippen molar-refractivity contribution in [3.8, 4) is 0 Å². The second-order valence-corrected chi connectivity index (χ2v) is 1.71. The van der Waals surface area contributed by atoms with Crippen molar-refractivity contribution < 1.29 is 21.5 Å². The first-order valence-corrected chi connectivity index (χ1v) is 2.87. The molecule has 0 aliphatic rings. The van der Waals surface area contributed by atoms with E-state index in [0.717, 1.165) is 6.54 Å². The van der Waals surface area contributed by atoms with E-state index in [4.69, 9.17) is 0 Å². The molecule has 0 spiro atoms. The highest BCUT2D eigenvalue weighted by molar-refractivity contribution is 4.83. The summed E-state index contributed by atoms with van der Waals surface area (Å²) < 4.78 is 2.12. The summed E-state index contributed by atoms with van der Waals surface area (Å²) in [5.74, 6) is 0. The number of hydrogen-bond acceptors (Lipinski definition) is 0. The first kappa shape index (κ1) is 8.63. The molecule has 0 fully saturated rings. The molecule has 9 heavy (non-hydrogen) atoms. The number of aryl methyl sites for hydroxylation is 1. The summed E-state index contributed by atoms with van der Waals surface area (Å²) in [5, 5.41) is 0. The number of hydrogen-bond donors (Lipinski definition) is 0. The molecule has 0 radical (unpaired) electrons. The van der Waals surface area contributed by atoms with Crippen molar-refractivity contribution in [1.29, 1.82) is 0 Å². The van der Waals surface area contributed by atoms with Crippen molar-refractivity contribution in [2.75, 3.05) is 0 Å². The summed E-state index contributed by atoms with van der Waals surface area (Å²) in [7, 11) is 0. The summed E-state index contributed by atoms with van der Waals surface area (Å²) in [6.07, 6.45) is 4.11. The largest absolute Gasteiger partial charge is 1.00 e. The van der Waals surface area contributed by atoms with Gasteiger partial charge in [-0.25, -0.2) is 4.57 Å². The molecule has 0 bridgehead atoms. The molecule has 0 unspecified atom stereocenters. The fourth-order valence-corrected chi connectivity index (χ4v) is 0.645.